The van der Waals surface area contributed by atoms with E-state index in [0.717, 1.165) is 13.0 Å². The molecule has 0 unspecified atom stereocenters. The Morgan fingerprint density at radius 2 is 1.86 bits per heavy atom. The number of nitrogens with zero attached hydrogens (tertiary/aromatic N) is 4. The summed E-state index contributed by atoms with van der Waals surface area (Å²) < 4.78 is 3.06. The van der Waals surface area contributed by atoms with Gasteiger partial charge in [-0.3, -0.25) is 20.2 Å². The van der Waals surface area contributed by atoms with Gasteiger partial charge in [0.2, 0.25) is 0 Å². The Labute approximate surface area is 162 Å². The van der Waals surface area contributed by atoms with E-state index in [9.17, 15) is 19.7 Å². The van der Waals surface area contributed by atoms with Crippen LogP contribution in [0.2, 0.25) is 0 Å². The standard InChI is InChI=1S/C17H25N7O4/c1-21(2)7-5-6-18-16(25)14-8-12(10-22(14)3)19-17(26)20-15-9-13(24(27)28)11-23(15)4/h8-11H,5-7H2,1-4H3,(H,18,25)(H2,19,20,26). The van der Waals surface area contributed by atoms with Gasteiger partial charge in [-0.2, -0.15) is 0 Å². The Morgan fingerprint density at radius 3 is 2.46 bits per heavy atom. The topological polar surface area (TPSA) is 126 Å². The van der Waals surface area contributed by atoms with Crippen molar-refractivity contribution in [2.75, 3.05) is 37.8 Å². The fraction of sp³-hybridized carbons (Fsp3) is 0.412. The predicted molar refractivity (Wildman–Crippen MR) is 106 cm³/mol. The fourth-order valence-electron chi connectivity index (χ4n) is 2.60. The van der Waals surface area contributed by atoms with Gasteiger partial charge in [-0.15, -0.1) is 0 Å². The Balaban J connectivity index is 1.94. The lowest BCUT2D eigenvalue weighted by Gasteiger charge is -2.10. The first-order chi connectivity index (χ1) is 13.2. The molecule has 0 fully saturated rings. The van der Waals surface area contributed by atoms with Crippen molar-refractivity contribution in [2.45, 2.75) is 6.42 Å². The van der Waals surface area contributed by atoms with Gasteiger partial charge in [0.25, 0.3) is 11.6 Å². The van der Waals surface area contributed by atoms with Crippen molar-refractivity contribution >= 4 is 29.1 Å². The second-order valence-electron chi connectivity index (χ2n) is 6.67. The van der Waals surface area contributed by atoms with Crippen molar-refractivity contribution in [1.29, 1.82) is 0 Å². The van der Waals surface area contributed by atoms with Gasteiger partial charge in [0.15, 0.2) is 0 Å². The summed E-state index contributed by atoms with van der Waals surface area (Å²) in [5, 5.41) is 18.8. The molecular weight excluding hydrogens is 366 g/mol. The molecule has 0 aliphatic heterocycles. The first kappa shape index (κ1) is 21.0. The molecule has 152 valence electrons. The normalized spacial score (nSPS) is 10.8. The van der Waals surface area contributed by atoms with Gasteiger partial charge in [0, 0.05) is 26.8 Å². The van der Waals surface area contributed by atoms with Crippen LogP contribution in [-0.4, -0.2) is 58.1 Å². The van der Waals surface area contributed by atoms with Crippen molar-refractivity contribution in [3.63, 3.8) is 0 Å². The number of hydrogen-bond donors (Lipinski definition) is 3. The molecule has 0 aliphatic carbocycles. The lowest BCUT2D eigenvalue weighted by molar-refractivity contribution is -0.384. The van der Waals surface area contributed by atoms with E-state index in [0.29, 0.717) is 17.9 Å². The first-order valence-electron chi connectivity index (χ1n) is 8.65. The molecule has 0 bridgehead atoms. The highest BCUT2D eigenvalue weighted by Crippen LogP contribution is 2.20. The highest BCUT2D eigenvalue weighted by molar-refractivity contribution is 6.01. The van der Waals surface area contributed by atoms with E-state index < -0.39 is 11.0 Å². The third-order valence-corrected chi connectivity index (χ3v) is 4.01. The zero-order valence-electron chi connectivity index (χ0n) is 16.4. The van der Waals surface area contributed by atoms with Crippen LogP contribution >= 0.6 is 0 Å². The number of nitro groups is 1. The number of amides is 3. The second kappa shape index (κ2) is 9.04. The summed E-state index contributed by atoms with van der Waals surface area (Å²) in [6, 6.07) is 2.26. The Bertz CT molecular complexity index is 869. The van der Waals surface area contributed by atoms with Crippen LogP contribution in [0, 0.1) is 10.1 Å². The van der Waals surface area contributed by atoms with Crippen molar-refractivity contribution in [2.24, 2.45) is 14.1 Å². The van der Waals surface area contributed by atoms with Crippen LogP contribution in [0.4, 0.5) is 22.0 Å². The summed E-state index contributed by atoms with van der Waals surface area (Å²) in [5.74, 6) is 0.0479. The molecule has 11 heteroatoms. The van der Waals surface area contributed by atoms with Crippen LogP contribution in [0.15, 0.2) is 24.5 Å². The SMILES string of the molecule is CN(C)CCCNC(=O)c1cc(NC(=O)Nc2cc([N+](=O)[O-])cn2C)cn1C. The van der Waals surface area contributed by atoms with E-state index in [4.69, 9.17) is 0 Å². The van der Waals surface area contributed by atoms with E-state index in [1.807, 2.05) is 19.0 Å². The number of carbonyl (C=O) groups is 2. The van der Waals surface area contributed by atoms with Gasteiger partial charge in [0.1, 0.15) is 11.5 Å². The molecule has 0 saturated heterocycles. The lowest BCUT2D eigenvalue weighted by atomic mass is 10.3. The molecule has 2 aromatic rings. The molecule has 11 nitrogen and oxygen atoms in total. The quantitative estimate of drug-likeness (QED) is 0.358. The summed E-state index contributed by atoms with van der Waals surface area (Å²) in [7, 11) is 7.23. The summed E-state index contributed by atoms with van der Waals surface area (Å²) in [6.07, 6.45) is 3.75. The molecule has 0 aromatic carbocycles. The van der Waals surface area contributed by atoms with Crippen LogP contribution in [0.1, 0.15) is 16.9 Å². The molecule has 3 amide bonds. The van der Waals surface area contributed by atoms with Crippen molar-refractivity contribution in [3.8, 4) is 0 Å². The number of aromatic nitrogens is 2. The number of anilines is 2. The Kier molecular flexibility index (Phi) is 6.77. The minimum absolute atomic E-state index is 0.120. The maximum atomic E-state index is 12.3. The molecule has 2 heterocycles. The molecule has 3 N–H and O–H groups in total. The number of urea groups is 1. The van der Waals surface area contributed by atoms with E-state index in [-0.39, 0.29) is 17.4 Å². The van der Waals surface area contributed by atoms with E-state index in [1.165, 1.54) is 16.8 Å². The molecular formula is C17H25N7O4. The molecule has 0 aliphatic rings. The number of hydrogen-bond acceptors (Lipinski definition) is 5. The van der Waals surface area contributed by atoms with Crippen molar-refractivity contribution < 1.29 is 14.5 Å². The van der Waals surface area contributed by atoms with Gasteiger partial charge in [-0.1, -0.05) is 0 Å². The van der Waals surface area contributed by atoms with Gasteiger partial charge in [-0.25, -0.2) is 4.79 Å². The van der Waals surface area contributed by atoms with Crippen LogP contribution in [0.25, 0.3) is 0 Å². The minimum Gasteiger partial charge on any atom is -0.351 e. The van der Waals surface area contributed by atoms with Gasteiger partial charge < -0.3 is 24.7 Å². The third-order valence-electron chi connectivity index (χ3n) is 4.01. The summed E-state index contributed by atoms with van der Waals surface area (Å²) in [4.78, 5) is 36.7. The highest BCUT2D eigenvalue weighted by atomic mass is 16.6. The number of nitrogens with one attached hydrogen (secondary N) is 3. The average molecular weight is 391 g/mol. The summed E-state index contributed by atoms with van der Waals surface area (Å²) in [5.41, 5.74) is 0.725. The number of aryl methyl sites for hydroxylation is 2. The highest BCUT2D eigenvalue weighted by Gasteiger charge is 2.16. The van der Waals surface area contributed by atoms with Crippen LogP contribution in [-0.2, 0) is 14.1 Å². The zero-order valence-corrected chi connectivity index (χ0v) is 16.4. The summed E-state index contributed by atoms with van der Waals surface area (Å²) in [6.45, 7) is 1.43. The first-order valence-corrected chi connectivity index (χ1v) is 8.65. The maximum absolute atomic E-state index is 12.3. The average Bonchev–Trinajstić information content (AvgIpc) is 3.14. The van der Waals surface area contributed by atoms with Gasteiger partial charge >= 0.3 is 6.03 Å². The molecule has 0 spiro atoms. The monoisotopic (exact) mass is 391 g/mol. The largest absolute Gasteiger partial charge is 0.351 e. The third kappa shape index (κ3) is 5.58. The molecule has 2 aromatic heterocycles. The smallest absolute Gasteiger partial charge is 0.324 e. The predicted octanol–water partition coefficient (Wildman–Crippen LogP) is 1.60. The van der Waals surface area contributed by atoms with Crippen molar-refractivity contribution in [3.05, 3.63) is 40.3 Å². The summed E-state index contributed by atoms with van der Waals surface area (Å²) >= 11 is 0. The second-order valence-corrected chi connectivity index (χ2v) is 6.67. The van der Waals surface area contributed by atoms with Gasteiger partial charge in [0.05, 0.1) is 22.9 Å². The maximum Gasteiger partial charge on any atom is 0.324 e. The number of carbonyl (C=O) groups excluding carboxylic acids is 2. The molecule has 0 radical (unpaired) electrons. The molecule has 2 rings (SSSR count). The number of rotatable bonds is 8. The molecule has 0 saturated carbocycles. The Hall–Kier alpha value is -3.34. The zero-order chi connectivity index (χ0) is 20.8. The minimum atomic E-state index is -0.570. The van der Waals surface area contributed by atoms with Crippen LogP contribution in [0.3, 0.4) is 0 Å². The van der Waals surface area contributed by atoms with Crippen LogP contribution in [0.5, 0.6) is 0 Å². The molecule has 28 heavy (non-hydrogen) atoms. The van der Waals surface area contributed by atoms with Gasteiger partial charge in [-0.05, 0) is 33.1 Å². The van der Waals surface area contributed by atoms with Crippen LogP contribution < -0.4 is 16.0 Å². The van der Waals surface area contributed by atoms with E-state index >= 15 is 0 Å². The van der Waals surface area contributed by atoms with Crippen molar-refractivity contribution in [1.82, 2.24) is 19.4 Å². The molecule has 0 atom stereocenters. The van der Waals surface area contributed by atoms with E-state index in [2.05, 4.69) is 16.0 Å². The van der Waals surface area contributed by atoms with E-state index in [1.54, 1.807) is 30.9 Å². The fourth-order valence-corrected chi connectivity index (χ4v) is 2.60. The lowest BCUT2D eigenvalue weighted by Crippen LogP contribution is -2.28. The Morgan fingerprint density at radius 1 is 1.14 bits per heavy atom.